The SMILES string of the molecule is O=c1n(-c2cccc3ccccc23)c(O)c2n1C1CC2N(S(=O)(=O)c2ccccc2F)C1. The van der Waals surface area contributed by atoms with Gasteiger partial charge in [-0.3, -0.25) is 4.57 Å². The fraction of sp³-hybridized carbons (Fsp3) is 0.174. The zero-order valence-corrected chi connectivity index (χ0v) is 17.5. The lowest BCUT2D eigenvalue weighted by atomic mass is 10.1. The minimum Gasteiger partial charge on any atom is -0.493 e. The molecule has 0 amide bonds. The summed E-state index contributed by atoms with van der Waals surface area (Å²) in [7, 11) is -4.14. The molecule has 9 heteroatoms. The highest BCUT2D eigenvalue weighted by Crippen LogP contribution is 2.50. The van der Waals surface area contributed by atoms with Gasteiger partial charge in [0.2, 0.25) is 15.9 Å². The molecule has 7 nitrogen and oxygen atoms in total. The zero-order chi connectivity index (χ0) is 22.2. The molecule has 2 aliphatic heterocycles. The first kappa shape index (κ1) is 19.3. The van der Waals surface area contributed by atoms with Gasteiger partial charge in [-0.25, -0.2) is 22.2 Å². The van der Waals surface area contributed by atoms with E-state index >= 15 is 0 Å². The van der Waals surface area contributed by atoms with Crippen molar-refractivity contribution in [1.82, 2.24) is 13.4 Å². The summed E-state index contributed by atoms with van der Waals surface area (Å²) in [5.41, 5.74) is 0.360. The van der Waals surface area contributed by atoms with E-state index in [1.165, 1.54) is 31.6 Å². The van der Waals surface area contributed by atoms with E-state index in [4.69, 9.17) is 0 Å². The van der Waals surface area contributed by atoms with Crippen molar-refractivity contribution in [3.8, 4) is 11.6 Å². The van der Waals surface area contributed by atoms with Gasteiger partial charge in [0.05, 0.1) is 17.8 Å². The average molecular weight is 451 g/mol. The van der Waals surface area contributed by atoms with E-state index in [0.717, 1.165) is 16.8 Å². The number of rotatable bonds is 3. The van der Waals surface area contributed by atoms with Crippen molar-refractivity contribution in [2.45, 2.75) is 23.4 Å². The molecule has 2 atom stereocenters. The summed E-state index contributed by atoms with van der Waals surface area (Å²) in [5.74, 6) is -1.11. The number of halogens is 1. The summed E-state index contributed by atoms with van der Waals surface area (Å²) < 4.78 is 44.6. The Morgan fingerprint density at radius 1 is 0.969 bits per heavy atom. The third-order valence-electron chi connectivity index (χ3n) is 6.44. The summed E-state index contributed by atoms with van der Waals surface area (Å²) in [6, 6.07) is 17.0. The molecule has 0 radical (unpaired) electrons. The molecule has 2 unspecified atom stereocenters. The van der Waals surface area contributed by atoms with Gasteiger partial charge in [0.1, 0.15) is 16.4 Å². The number of fused-ring (bicyclic) bond motifs is 6. The normalized spacial score (nSPS) is 20.2. The molecule has 1 fully saturated rings. The predicted molar refractivity (Wildman–Crippen MR) is 116 cm³/mol. The first-order valence-corrected chi connectivity index (χ1v) is 11.6. The number of hydrogen-bond acceptors (Lipinski definition) is 4. The summed E-state index contributed by atoms with van der Waals surface area (Å²) in [4.78, 5) is 12.9. The maximum absolute atomic E-state index is 14.3. The molecule has 1 N–H and O–H groups in total. The van der Waals surface area contributed by atoms with E-state index in [-0.39, 0.29) is 18.1 Å². The standard InChI is InChI=1S/C23H18FN3O4S/c24-17-9-3-4-11-20(17)32(30,31)25-13-15-12-19(25)21-22(28)27(23(29)26(15)21)18-10-5-7-14-6-1-2-8-16(14)18/h1-11,15,19,28H,12-13H2. The van der Waals surface area contributed by atoms with Crippen molar-refractivity contribution in [2.24, 2.45) is 0 Å². The molecule has 0 saturated carbocycles. The number of nitrogens with zero attached hydrogens (tertiary/aromatic N) is 3. The molecule has 2 bridgehead atoms. The van der Waals surface area contributed by atoms with Crippen LogP contribution in [0.5, 0.6) is 5.88 Å². The number of aromatic hydroxyl groups is 1. The minimum atomic E-state index is -4.14. The first-order valence-electron chi connectivity index (χ1n) is 10.2. The van der Waals surface area contributed by atoms with Crippen LogP contribution in [-0.2, 0) is 10.0 Å². The number of hydrogen-bond donors (Lipinski definition) is 1. The number of aromatic nitrogens is 2. The molecular weight excluding hydrogens is 433 g/mol. The molecule has 4 aromatic rings. The first-order chi connectivity index (χ1) is 15.4. The smallest absolute Gasteiger partial charge is 0.336 e. The molecule has 32 heavy (non-hydrogen) atoms. The maximum Gasteiger partial charge on any atom is 0.336 e. The molecule has 0 aliphatic carbocycles. The summed E-state index contributed by atoms with van der Waals surface area (Å²) in [5, 5.41) is 12.8. The highest BCUT2D eigenvalue weighted by molar-refractivity contribution is 7.89. The molecule has 0 spiro atoms. The second-order valence-corrected chi connectivity index (χ2v) is 9.96. The van der Waals surface area contributed by atoms with Crippen LogP contribution in [0.1, 0.15) is 24.2 Å². The Bertz CT molecular complexity index is 1570. The summed E-state index contributed by atoms with van der Waals surface area (Å²) in [6.45, 7) is 0.0488. The lowest BCUT2D eigenvalue weighted by Crippen LogP contribution is -2.38. The van der Waals surface area contributed by atoms with Crippen molar-refractivity contribution >= 4 is 20.8 Å². The van der Waals surface area contributed by atoms with Crippen LogP contribution >= 0.6 is 0 Å². The Morgan fingerprint density at radius 2 is 1.69 bits per heavy atom. The fourth-order valence-electron chi connectivity index (χ4n) is 5.07. The minimum absolute atomic E-state index is 0.0488. The summed E-state index contributed by atoms with van der Waals surface area (Å²) in [6.07, 6.45) is 0.363. The largest absolute Gasteiger partial charge is 0.493 e. The number of imidazole rings is 1. The van der Waals surface area contributed by atoms with Gasteiger partial charge in [-0.15, -0.1) is 0 Å². The van der Waals surface area contributed by atoms with Crippen LogP contribution in [-0.4, -0.2) is 33.5 Å². The Balaban J connectivity index is 1.51. The topological polar surface area (TPSA) is 84.5 Å². The Morgan fingerprint density at radius 3 is 2.50 bits per heavy atom. The van der Waals surface area contributed by atoms with Crippen LogP contribution in [0, 0.1) is 5.82 Å². The second kappa shape index (κ2) is 6.54. The van der Waals surface area contributed by atoms with Crippen LogP contribution in [0.2, 0.25) is 0 Å². The third kappa shape index (κ3) is 2.43. The van der Waals surface area contributed by atoms with Crippen molar-refractivity contribution in [3.63, 3.8) is 0 Å². The van der Waals surface area contributed by atoms with Gasteiger partial charge < -0.3 is 5.11 Å². The van der Waals surface area contributed by atoms with E-state index < -0.39 is 38.5 Å². The van der Waals surface area contributed by atoms with Gasteiger partial charge in [-0.2, -0.15) is 4.31 Å². The number of benzene rings is 3. The van der Waals surface area contributed by atoms with E-state index in [0.29, 0.717) is 12.1 Å². The van der Waals surface area contributed by atoms with Gasteiger partial charge in [-0.1, -0.05) is 48.5 Å². The van der Waals surface area contributed by atoms with E-state index in [2.05, 4.69) is 0 Å². The lowest BCUT2D eigenvalue weighted by molar-refractivity contribution is 0.341. The number of sulfonamides is 1. The van der Waals surface area contributed by atoms with E-state index in [9.17, 15) is 22.7 Å². The second-order valence-electron chi connectivity index (χ2n) is 8.11. The van der Waals surface area contributed by atoms with Gasteiger partial charge in [0.25, 0.3) is 0 Å². The Hall–Kier alpha value is -3.43. The molecule has 3 aromatic carbocycles. The lowest BCUT2D eigenvalue weighted by Gasteiger charge is -2.27. The van der Waals surface area contributed by atoms with Gasteiger partial charge >= 0.3 is 5.69 Å². The average Bonchev–Trinajstić information content (AvgIpc) is 3.45. The van der Waals surface area contributed by atoms with Gasteiger partial charge in [-0.05, 0) is 30.0 Å². The molecule has 2 aliphatic rings. The molecule has 3 heterocycles. The van der Waals surface area contributed by atoms with Crippen molar-refractivity contribution in [3.05, 3.63) is 88.7 Å². The maximum atomic E-state index is 14.3. The molecule has 6 rings (SSSR count). The van der Waals surface area contributed by atoms with Crippen molar-refractivity contribution in [1.29, 1.82) is 0 Å². The Kier molecular flexibility index (Phi) is 3.94. The van der Waals surface area contributed by atoms with Gasteiger partial charge in [0, 0.05) is 11.9 Å². The molecule has 1 saturated heterocycles. The van der Waals surface area contributed by atoms with Gasteiger partial charge in [0.15, 0.2) is 0 Å². The zero-order valence-electron chi connectivity index (χ0n) is 16.7. The van der Waals surface area contributed by atoms with Crippen LogP contribution in [0.3, 0.4) is 0 Å². The quantitative estimate of drug-likeness (QED) is 0.518. The fourth-order valence-corrected chi connectivity index (χ4v) is 6.78. The highest BCUT2D eigenvalue weighted by Gasteiger charge is 2.52. The van der Waals surface area contributed by atoms with Crippen LogP contribution in [0.4, 0.5) is 4.39 Å². The Labute approximate surface area is 182 Å². The highest BCUT2D eigenvalue weighted by atomic mass is 32.2. The molecule has 162 valence electrons. The molecular formula is C23H18FN3O4S. The van der Waals surface area contributed by atoms with Crippen LogP contribution in [0.15, 0.2) is 76.4 Å². The molecule has 1 aromatic heterocycles. The summed E-state index contributed by atoms with van der Waals surface area (Å²) >= 11 is 0. The monoisotopic (exact) mass is 451 g/mol. The van der Waals surface area contributed by atoms with E-state index in [1.807, 2.05) is 30.3 Å². The van der Waals surface area contributed by atoms with E-state index in [1.54, 1.807) is 12.1 Å². The van der Waals surface area contributed by atoms with Crippen molar-refractivity contribution < 1.29 is 17.9 Å². The van der Waals surface area contributed by atoms with Crippen molar-refractivity contribution in [2.75, 3.05) is 6.54 Å². The van der Waals surface area contributed by atoms with Crippen LogP contribution in [0.25, 0.3) is 16.5 Å². The van der Waals surface area contributed by atoms with Crippen LogP contribution < -0.4 is 5.69 Å². The predicted octanol–water partition coefficient (Wildman–Crippen LogP) is 3.33. The third-order valence-corrected chi connectivity index (χ3v) is 8.35.